The number of likely N-dealkylation sites (tertiary alicyclic amines) is 1. The molecule has 5 atom stereocenters. The number of nitrogens with zero attached hydrogens (tertiary/aromatic N) is 6. The number of rotatable bonds is 11. The van der Waals surface area contributed by atoms with Crippen molar-refractivity contribution in [2.75, 3.05) is 13.1 Å². The maximum absolute atomic E-state index is 13.7. The molecule has 0 aliphatic carbocycles. The summed E-state index contributed by atoms with van der Waals surface area (Å²) >= 11 is 2.95. The summed E-state index contributed by atoms with van der Waals surface area (Å²) in [6, 6.07) is 11.1. The van der Waals surface area contributed by atoms with Gasteiger partial charge >= 0.3 is 12.1 Å². The number of ether oxygens (including phenoxy) is 2. The number of esters is 1. The zero-order chi connectivity index (χ0) is 36.8. The van der Waals surface area contributed by atoms with E-state index in [2.05, 4.69) is 4.98 Å². The molecule has 3 aliphatic heterocycles. The Bertz CT molecular complexity index is 2110. The highest BCUT2D eigenvalue weighted by molar-refractivity contribution is 8.00. The third-order valence-corrected chi connectivity index (χ3v) is 12.0. The van der Waals surface area contributed by atoms with Crippen LogP contribution in [0, 0.1) is 32.1 Å². The minimum absolute atomic E-state index is 0.00648. The Balaban J connectivity index is 1.06. The third kappa shape index (κ3) is 6.48. The summed E-state index contributed by atoms with van der Waals surface area (Å²) in [5.41, 5.74) is 1.80. The number of imidazole rings is 1. The Morgan fingerprint density at radius 1 is 1.04 bits per heavy atom. The van der Waals surface area contributed by atoms with Crippen LogP contribution in [0.1, 0.15) is 36.3 Å². The first-order chi connectivity index (χ1) is 24.9. The fraction of sp³-hybridized carbons (Fsp3) is 0.353. The molecule has 2 aromatic heterocycles. The first-order valence-electron chi connectivity index (χ1n) is 16.4. The van der Waals surface area contributed by atoms with Crippen LogP contribution in [-0.2, 0) is 32.3 Å². The number of hydrogen-bond donors (Lipinski definition) is 1. The topological polar surface area (TPSA) is 200 Å². The number of thioether (sulfide) groups is 1. The number of amides is 2. The van der Waals surface area contributed by atoms with Crippen LogP contribution < -0.4 is 0 Å². The van der Waals surface area contributed by atoms with Gasteiger partial charge in [0, 0.05) is 60.3 Å². The fourth-order valence-electron chi connectivity index (χ4n) is 6.90. The van der Waals surface area contributed by atoms with Crippen LogP contribution in [0.15, 0.2) is 71.8 Å². The number of aliphatic hydroxyl groups excluding tert-OH is 1. The van der Waals surface area contributed by atoms with Gasteiger partial charge in [0.05, 0.1) is 32.8 Å². The van der Waals surface area contributed by atoms with Gasteiger partial charge in [-0.25, -0.2) is 14.6 Å². The molecule has 0 saturated carbocycles. The maximum atomic E-state index is 13.7. The minimum atomic E-state index is -0.912. The summed E-state index contributed by atoms with van der Waals surface area (Å²) < 4.78 is 13.0. The number of aliphatic hydroxyl groups is 1. The van der Waals surface area contributed by atoms with Gasteiger partial charge in [-0.2, -0.15) is 0 Å². The molecule has 52 heavy (non-hydrogen) atoms. The highest BCUT2D eigenvalue weighted by atomic mass is 32.2. The van der Waals surface area contributed by atoms with Crippen molar-refractivity contribution in [1.29, 1.82) is 0 Å². The lowest BCUT2D eigenvalue weighted by Crippen LogP contribution is -2.63. The Kier molecular flexibility index (Phi) is 9.45. The Labute approximate surface area is 303 Å². The van der Waals surface area contributed by atoms with E-state index < -0.39 is 40.0 Å². The van der Waals surface area contributed by atoms with Crippen molar-refractivity contribution in [3.05, 3.63) is 103 Å². The number of non-ortho nitro benzene ring substituents is 2. The number of benzene rings is 2. The largest absolute Gasteiger partial charge is 0.456 e. The van der Waals surface area contributed by atoms with Crippen LogP contribution in [0.4, 0.5) is 16.2 Å². The van der Waals surface area contributed by atoms with Crippen LogP contribution in [0.2, 0.25) is 0 Å². The molecule has 0 radical (unpaired) electrons. The number of nitro groups is 2. The van der Waals surface area contributed by atoms with Gasteiger partial charge in [-0.15, -0.1) is 11.3 Å². The normalized spacial score (nSPS) is 21.6. The molecule has 2 aromatic carbocycles. The predicted octanol–water partition coefficient (Wildman–Crippen LogP) is 5.03. The fourth-order valence-corrected chi connectivity index (χ4v) is 9.39. The van der Waals surface area contributed by atoms with Gasteiger partial charge < -0.3 is 24.4 Å². The Hall–Kier alpha value is -5.33. The molecule has 270 valence electrons. The van der Waals surface area contributed by atoms with E-state index in [-0.39, 0.29) is 47.4 Å². The van der Waals surface area contributed by atoms with Crippen LogP contribution in [0.5, 0.6) is 0 Å². The summed E-state index contributed by atoms with van der Waals surface area (Å²) in [5.74, 6) is -2.04. The lowest BCUT2D eigenvalue weighted by Gasteiger charge is -2.46. The molecule has 2 fully saturated rings. The number of nitro benzene ring substituents is 2. The van der Waals surface area contributed by atoms with Crippen molar-refractivity contribution < 1.29 is 38.8 Å². The van der Waals surface area contributed by atoms with E-state index in [4.69, 9.17) is 9.47 Å². The number of aromatic nitrogens is 2. The van der Waals surface area contributed by atoms with Gasteiger partial charge in [0.15, 0.2) is 0 Å². The van der Waals surface area contributed by atoms with Crippen molar-refractivity contribution in [1.82, 2.24) is 19.2 Å². The highest BCUT2D eigenvalue weighted by Gasteiger charge is 2.60. The first kappa shape index (κ1) is 35.1. The van der Waals surface area contributed by atoms with Crippen LogP contribution in [0.3, 0.4) is 0 Å². The Morgan fingerprint density at radius 2 is 1.65 bits per heavy atom. The van der Waals surface area contributed by atoms with Gasteiger partial charge in [-0.3, -0.25) is 29.4 Å². The Morgan fingerprint density at radius 3 is 2.25 bits per heavy atom. The zero-order valence-electron chi connectivity index (χ0n) is 27.8. The molecule has 0 bridgehead atoms. The minimum Gasteiger partial charge on any atom is -0.456 e. The van der Waals surface area contributed by atoms with E-state index in [1.54, 1.807) is 30.3 Å². The lowest BCUT2D eigenvalue weighted by molar-refractivity contribution is -0.385. The third-order valence-electron chi connectivity index (χ3n) is 9.52. The molecule has 2 amide bonds. The van der Waals surface area contributed by atoms with Gasteiger partial charge in [-0.1, -0.05) is 18.7 Å². The van der Waals surface area contributed by atoms with E-state index in [1.807, 2.05) is 17.5 Å². The van der Waals surface area contributed by atoms with Crippen molar-refractivity contribution in [2.45, 2.75) is 55.9 Å². The second-order valence-electron chi connectivity index (χ2n) is 12.8. The highest BCUT2D eigenvalue weighted by Crippen LogP contribution is 2.52. The van der Waals surface area contributed by atoms with Crippen LogP contribution in [0.25, 0.3) is 10.4 Å². The van der Waals surface area contributed by atoms with E-state index in [0.29, 0.717) is 36.2 Å². The summed E-state index contributed by atoms with van der Waals surface area (Å²) in [5, 5.41) is 33.1. The predicted molar refractivity (Wildman–Crippen MR) is 187 cm³/mol. The molecule has 0 spiro atoms. The van der Waals surface area contributed by atoms with E-state index in [9.17, 15) is 39.7 Å². The van der Waals surface area contributed by atoms with E-state index in [0.717, 1.165) is 14.7 Å². The summed E-state index contributed by atoms with van der Waals surface area (Å²) in [6.07, 6.45) is 2.86. The van der Waals surface area contributed by atoms with Crippen molar-refractivity contribution in [3.63, 3.8) is 0 Å². The van der Waals surface area contributed by atoms with Crippen LogP contribution in [-0.4, -0.2) is 82.6 Å². The number of β-lactam (4-membered cyclic amide) rings is 1. The van der Waals surface area contributed by atoms with Gasteiger partial charge in [0.25, 0.3) is 11.4 Å². The maximum Gasteiger partial charge on any atom is 0.410 e. The number of carbonyl (C=O) groups is 3. The second kappa shape index (κ2) is 14.0. The number of hydrogen-bond acceptors (Lipinski definition) is 13. The molecule has 0 unspecified atom stereocenters. The molecule has 2 saturated heterocycles. The lowest BCUT2D eigenvalue weighted by atomic mass is 9.77. The second-order valence-corrected chi connectivity index (χ2v) is 15.1. The number of carbonyl (C=O) groups excluding carboxylic acids is 3. The summed E-state index contributed by atoms with van der Waals surface area (Å²) in [7, 11) is 0. The van der Waals surface area contributed by atoms with E-state index >= 15 is 0 Å². The average molecular weight is 749 g/mol. The van der Waals surface area contributed by atoms with Gasteiger partial charge in [-0.05, 0) is 48.7 Å². The summed E-state index contributed by atoms with van der Waals surface area (Å²) in [6.45, 7) is 4.25. The molecule has 4 aromatic rings. The average Bonchev–Trinajstić information content (AvgIpc) is 3.89. The molecule has 18 heteroatoms. The molecular formula is C34H32N6O10S2. The number of fused-ring (bicyclic) bond motifs is 2. The van der Waals surface area contributed by atoms with Gasteiger partial charge in [0.2, 0.25) is 5.91 Å². The molecular weight excluding hydrogens is 717 g/mol. The smallest absolute Gasteiger partial charge is 0.410 e. The summed E-state index contributed by atoms with van der Waals surface area (Å²) in [4.78, 5) is 69.9. The van der Waals surface area contributed by atoms with Gasteiger partial charge in [0.1, 0.15) is 35.1 Å². The molecule has 5 heterocycles. The molecule has 7 rings (SSSR count). The van der Waals surface area contributed by atoms with Crippen molar-refractivity contribution in [2.24, 2.45) is 11.8 Å². The van der Waals surface area contributed by atoms with Crippen molar-refractivity contribution in [3.8, 4) is 0 Å². The van der Waals surface area contributed by atoms with Crippen molar-refractivity contribution >= 4 is 62.8 Å². The number of thiazole rings is 1. The SMILES string of the molecule is C[C@@H](O)[C@H]1C(=O)N2C(C(=O)OCc3ccc([N+](=O)[O-])cc3)=C(c3cn4cnc(S[C@H]5CCN(C(=O)OCc6ccc([N+](=O)[O-])cc6)C5)c4s3)[C@H](C)[C@H]12. The van der Waals surface area contributed by atoms with Crippen LogP contribution >= 0.6 is 23.1 Å². The molecule has 1 N–H and O–H groups in total. The zero-order valence-corrected chi connectivity index (χ0v) is 29.5. The quantitative estimate of drug-likeness (QED) is 0.0930. The standard InChI is InChI=1S/C34H32N6O10S2/c1-18-26(29(38-28(18)27(19(2)41)31(38)42)33(43)49-15-20-3-7-22(8-4-20)39(45)46)25-14-37-17-35-30(32(37)52-25)51-24-11-12-36(13-24)34(44)50-16-21-5-9-23(10-6-21)40(47)48/h3-10,14,17-19,24,27-28,41H,11-13,15-16H2,1-2H3/t18-,19+,24-,27+,28+/m0/s1. The first-order valence-corrected chi connectivity index (χ1v) is 18.0. The monoisotopic (exact) mass is 748 g/mol. The molecule has 3 aliphatic rings. The molecule has 16 nitrogen and oxygen atoms in total. The van der Waals surface area contributed by atoms with E-state index in [1.165, 1.54) is 64.4 Å².